The maximum Gasteiger partial charge on any atom is 0.123 e. The quantitative estimate of drug-likeness (QED) is 0.751. The first-order chi connectivity index (χ1) is 6.65. The molecule has 0 saturated carbocycles. The smallest absolute Gasteiger partial charge is 0.123 e. The van der Waals surface area contributed by atoms with Crippen molar-refractivity contribution in [1.29, 1.82) is 0 Å². The van der Waals surface area contributed by atoms with Gasteiger partial charge in [-0.1, -0.05) is 11.6 Å². The fraction of sp³-hybridized carbons (Fsp3) is 0.444. The number of nitrogens with two attached hydrogens (primary N) is 1. The van der Waals surface area contributed by atoms with Gasteiger partial charge in [0.2, 0.25) is 0 Å². The lowest BCUT2D eigenvalue weighted by Crippen LogP contribution is -2.50. The lowest BCUT2D eigenvalue weighted by atomic mass is 10.1. The Morgan fingerprint density at radius 1 is 1.57 bits per heavy atom. The standard InChI is InChI=1S/C9H12ClN3O/c10-7-1-2-9(11)12-8(7)5-13-3-6(14)4-13/h1-2,6,14H,3-5H2,(H2,11,12). The summed E-state index contributed by atoms with van der Waals surface area (Å²) in [6.45, 7) is 2.03. The molecule has 0 amide bonds. The van der Waals surface area contributed by atoms with E-state index in [1.807, 2.05) is 0 Å². The van der Waals surface area contributed by atoms with E-state index in [0.29, 0.717) is 30.5 Å². The van der Waals surface area contributed by atoms with Crippen molar-refractivity contribution < 1.29 is 5.11 Å². The molecule has 1 aromatic heterocycles. The van der Waals surface area contributed by atoms with Crippen LogP contribution in [0.15, 0.2) is 12.1 Å². The minimum Gasteiger partial charge on any atom is -0.390 e. The number of aliphatic hydroxyl groups excluding tert-OH is 1. The topological polar surface area (TPSA) is 62.4 Å². The molecule has 1 aliphatic heterocycles. The van der Waals surface area contributed by atoms with E-state index in [9.17, 15) is 0 Å². The van der Waals surface area contributed by atoms with Crippen LogP contribution < -0.4 is 5.73 Å². The van der Waals surface area contributed by atoms with Gasteiger partial charge in [0.05, 0.1) is 16.8 Å². The second-order valence-corrected chi connectivity index (χ2v) is 3.92. The predicted octanol–water partition coefficient (Wildman–Crippen LogP) is 0.494. The van der Waals surface area contributed by atoms with Crippen LogP contribution >= 0.6 is 11.6 Å². The highest BCUT2D eigenvalue weighted by Gasteiger charge is 2.25. The van der Waals surface area contributed by atoms with Gasteiger partial charge >= 0.3 is 0 Å². The Balaban J connectivity index is 2.05. The zero-order chi connectivity index (χ0) is 10.1. The molecular weight excluding hydrogens is 202 g/mol. The van der Waals surface area contributed by atoms with Crippen molar-refractivity contribution in [3.63, 3.8) is 0 Å². The molecule has 76 valence electrons. The number of likely N-dealkylation sites (tertiary alicyclic amines) is 1. The first-order valence-electron chi connectivity index (χ1n) is 4.46. The molecule has 1 fully saturated rings. The number of pyridine rings is 1. The van der Waals surface area contributed by atoms with Gasteiger partial charge in [-0.2, -0.15) is 0 Å². The molecule has 0 aromatic carbocycles. The van der Waals surface area contributed by atoms with Gasteiger partial charge in [-0.25, -0.2) is 4.98 Å². The number of hydrogen-bond acceptors (Lipinski definition) is 4. The Labute approximate surface area is 87.3 Å². The highest BCUT2D eigenvalue weighted by molar-refractivity contribution is 6.31. The summed E-state index contributed by atoms with van der Waals surface area (Å²) in [6, 6.07) is 3.42. The zero-order valence-corrected chi connectivity index (χ0v) is 8.41. The van der Waals surface area contributed by atoms with Gasteiger partial charge in [-0.15, -0.1) is 0 Å². The number of halogens is 1. The second-order valence-electron chi connectivity index (χ2n) is 3.51. The van der Waals surface area contributed by atoms with Crippen LogP contribution in [0.3, 0.4) is 0 Å². The van der Waals surface area contributed by atoms with Gasteiger partial charge in [-0.3, -0.25) is 4.90 Å². The molecule has 3 N–H and O–H groups in total. The Hall–Kier alpha value is -0.840. The number of nitrogen functional groups attached to an aromatic ring is 1. The molecule has 2 rings (SSSR count). The normalized spacial score (nSPS) is 18.1. The Kier molecular flexibility index (Phi) is 2.58. The van der Waals surface area contributed by atoms with Crippen molar-refractivity contribution in [3.8, 4) is 0 Å². The maximum absolute atomic E-state index is 9.10. The minimum absolute atomic E-state index is 0.199. The fourth-order valence-corrected chi connectivity index (χ4v) is 1.66. The van der Waals surface area contributed by atoms with Gasteiger partial charge in [0.1, 0.15) is 5.82 Å². The van der Waals surface area contributed by atoms with Crippen LogP contribution in [0.2, 0.25) is 5.02 Å². The molecule has 0 aliphatic carbocycles. The molecule has 0 radical (unpaired) electrons. The molecule has 0 atom stereocenters. The van der Waals surface area contributed by atoms with E-state index in [1.165, 1.54) is 0 Å². The summed E-state index contributed by atoms with van der Waals surface area (Å²) < 4.78 is 0. The number of nitrogens with zero attached hydrogens (tertiary/aromatic N) is 2. The van der Waals surface area contributed by atoms with Gasteiger partial charge < -0.3 is 10.8 Å². The van der Waals surface area contributed by atoms with Crippen LogP contribution in [-0.4, -0.2) is 34.2 Å². The van der Waals surface area contributed by atoms with Crippen LogP contribution in [0.25, 0.3) is 0 Å². The van der Waals surface area contributed by atoms with E-state index < -0.39 is 0 Å². The highest BCUT2D eigenvalue weighted by atomic mass is 35.5. The van der Waals surface area contributed by atoms with Crippen molar-refractivity contribution in [3.05, 3.63) is 22.8 Å². The van der Waals surface area contributed by atoms with Crippen LogP contribution in [0.4, 0.5) is 5.82 Å². The summed E-state index contributed by atoms with van der Waals surface area (Å²) in [5, 5.41) is 9.73. The van der Waals surface area contributed by atoms with Crippen molar-refractivity contribution in [1.82, 2.24) is 9.88 Å². The number of rotatable bonds is 2. The van der Waals surface area contributed by atoms with E-state index in [0.717, 1.165) is 5.69 Å². The lowest BCUT2D eigenvalue weighted by molar-refractivity contribution is -0.00349. The molecule has 14 heavy (non-hydrogen) atoms. The number of β-amino-alcohol motifs (C(OH)–C–C–N with tert-alkyl or cyclic N) is 1. The zero-order valence-electron chi connectivity index (χ0n) is 7.65. The third kappa shape index (κ3) is 1.97. The monoisotopic (exact) mass is 213 g/mol. The first-order valence-corrected chi connectivity index (χ1v) is 4.84. The van der Waals surface area contributed by atoms with Crippen LogP contribution in [0, 0.1) is 0 Å². The molecule has 1 aromatic rings. The Bertz CT molecular complexity index is 339. The minimum atomic E-state index is -0.199. The predicted molar refractivity (Wildman–Crippen MR) is 54.9 cm³/mol. The van der Waals surface area contributed by atoms with Crippen LogP contribution in [0.1, 0.15) is 5.69 Å². The van der Waals surface area contributed by atoms with Gasteiger partial charge in [0.25, 0.3) is 0 Å². The largest absolute Gasteiger partial charge is 0.390 e. The van der Waals surface area contributed by atoms with Crippen molar-refractivity contribution in [2.24, 2.45) is 0 Å². The van der Waals surface area contributed by atoms with E-state index in [1.54, 1.807) is 12.1 Å². The average Bonchev–Trinajstić information content (AvgIpc) is 2.09. The molecule has 1 aliphatic rings. The molecule has 0 bridgehead atoms. The number of aromatic nitrogens is 1. The number of aliphatic hydroxyl groups is 1. The molecule has 2 heterocycles. The molecule has 1 saturated heterocycles. The SMILES string of the molecule is Nc1ccc(Cl)c(CN2CC(O)C2)n1. The number of anilines is 1. The van der Waals surface area contributed by atoms with E-state index in [4.69, 9.17) is 22.4 Å². The van der Waals surface area contributed by atoms with E-state index in [-0.39, 0.29) is 6.10 Å². The third-order valence-corrected chi connectivity index (χ3v) is 2.60. The molecule has 5 heteroatoms. The van der Waals surface area contributed by atoms with Crippen LogP contribution in [-0.2, 0) is 6.54 Å². The second kappa shape index (κ2) is 3.73. The molecule has 0 unspecified atom stereocenters. The summed E-state index contributed by atoms with van der Waals surface area (Å²) in [6.07, 6.45) is -0.199. The summed E-state index contributed by atoms with van der Waals surface area (Å²) in [4.78, 5) is 6.21. The fourth-order valence-electron chi connectivity index (χ4n) is 1.50. The first kappa shape index (κ1) is 9.71. The summed E-state index contributed by atoms with van der Waals surface area (Å²) in [7, 11) is 0. The van der Waals surface area contributed by atoms with Crippen LogP contribution in [0.5, 0.6) is 0 Å². The van der Waals surface area contributed by atoms with Crippen molar-refractivity contribution in [2.45, 2.75) is 12.6 Å². The van der Waals surface area contributed by atoms with E-state index in [2.05, 4.69) is 9.88 Å². The summed E-state index contributed by atoms with van der Waals surface area (Å²) >= 11 is 5.95. The average molecular weight is 214 g/mol. The Morgan fingerprint density at radius 2 is 2.29 bits per heavy atom. The molecular formula is C9H12ClN3O. The van der Waals surface area contributed by atoms with Crippen molar-refractivity contribution >= 4 is 17.4 Å². The van der Waals surface area contributed by atoms with Crippen molar-refractivity contribution in [2.75, 3.05) is 18.8 Å². The summed E-state index contributed by atoms with van der Waals surface area (Å²) in [5.41, 5.74) is 6.33. The highest BCUT2D eigenvalue weighted by Crippen LogP contribution is 2.19. The van der Waals surface area contributed by atoms with Gasteiger partial charge in [-0.05, 0) is 12.1 Å². The third-order valence-electron chi connectivity index (χ3n) is 2.25. The van der Waals surface area contributed by atoms with E-state index >= 15 is 0 Å². The molecule has 4 nitrogen and oxygen atoms in total. The molecule has 0 spiro atoms. The van der Waals surface area contributed by atoms with Gasteiger partial charge in [0, 0.05) is 19.6 Å². The Morgan fingerprint density at radius 3 is 2.93 bits per heavy atom. The number of hydrogen-bond donors (Lipinski definition) is 2. The lowest BCUT2D eigenvalue weighted by Gasteiger charge is -2.35. The summed E-state index contributed by atoms with van der Waals surface area (Å²) in [5.74, 6) is 0.477. The maximum atomic E-state index is 9.10. The van der Waals surface area contributed by atoms with Gasteiger partial charge in [0.15, 0.2) is 0 Å².